The van der Waals surface area contributed by atoms with Gasteiger partial charge in [-0.05, 0) is 33.1 Å². The van der Waals surface area contributed by atoms with Gasteiger partial charge in [0.1, 0.15) is 12.6 Å². The summed E-state index contributed by atoms with van der Waals surface area (Å²) in [5.41, 5.74) is 0. The van der Waals surface area contributed by atoms with Crippen LogP contribution in [0.1, 0.15) is 59.3 Å². The van der Waals surface area contributed by atoms with Crippen molar-refractivity contribution in [3.63, 3.8) is 0 Å². The van der Waals surface area contributed by atoms with E-state index in [1.165, 1.54) is 11.3 Å². The Morgan fingerprint density at radius 1 is 1.25 bits per heavy atom. The lowest BCUT2D eigenvalue weighted by Gasteiger charge is -2.32. The third-order valence-electron chi connectivity index (χ3n) is 3.77. The topological polar surface area (TPSA) is 66.8 Å². The zero-order valence-electron chi connectivity index (χ0n) is 12.8. The molecule has 1 saturated carbocycles. The summed E-state index contributed by atoms with van der Waals surface area (Å²) in [7, 11) is 0. The lowest BCUT2D eigenvalue weighted by atomic mass is 9.97. The van der Waals surface area contributed by atoms with Gasteiger partial charge in [0.05, 0.1) is 6.10 Å². The van der Waals surface area contributed by atoms with Crippen LogP contribution in [0.4, 0.5) is 0 Å². The number of amides is 1. The lowest BCUT2D eigenvalue weighted by Crippen LogP contribution is -2.47. The van der Waals surface area contributed by atoms with E-state index in [1.54, 1.807) is 0 Å². The van der Waals surface area contributed by atoms with Crippen LogP contribution in [0.5, 0.6) is 0 Å². The van der Waals surface area contributed by atoms with Crippen LogP contribution in [0.15, 0.2) is 0 Å². The fraction of sp³-hybridized carbons (Fsp3) is 0.867. The summed E-state index contributed by atoms with van der Waals surface area (Å²) in [5.74, 6) is -1.19. The van der Waals surface area contributed by atoms with Crippen LogP contribution in [0.3, 0.4) is 0 Å². The third-order valence-corrected chi connectivity index (χ3v) is 3.77. The molecule has 0 aromatic rings. The van der Waals surface area contributed by atoms with Gasteiger partial charge < -0.3 is 14.7 Å². The quantitative estimate of drug-likeness (QED) is 0.780. The summed E-state index contributed by atoms with van der Waals surface area (Å²) in [6.45, 7) is 5.30. The summed E-state index contributed by atoms with van der Waals surface area (Å²) in [4.78, 5) is 24.7. The van der Waals surface area contributed by atoms with Crippen molar-refractivity contribution < 1.29 is 19.4 Å². The van der Waals surface area contributed by atoms with Gasteiger partial charge in [0, 0.05) is 6.04 Å². The number of nitrogens with zero attached hydrogens (tertiary/aromatic N) is 1. The van der Waals surface area contributed by atoms with Crippen molar-refractivity contribution in [2.75, 3.05) is 6.54 Å². The standard InChI is InChI=1S/C15H27NO4/c1-4-13(20-12-8-6-5-7-9-12)15(19)16(11(2)3)10-14(17)18/h11-13H,4-10H2,1-3H3,(H,17,18). The maximum absolute atomic E-state index is 12.5. The van der Waals surface area contributed by atoms with E-state index in [0.717, 1.165) is 25.7 Å². The maximum atomic E-state index is 12.5. The Labute approximate surface area is 121 Å². The van der Waals surface area contributed by atoms with Gasteiger partial charge in [0.2, 0.25) is 0 Å². The molecule has 0 aliphatic heterocycles. The summed E-state index contributed by atoms with van der Waals surface area (Å²) >= 11 is 0. The fourth-order valence-electron chi connectivity index (χ4n) is 2.61. The number of carbonyl (C=O) groups is 2. The molecular formula is C15H27NO4. The monoisotopic (exact) mass is 285 g/mol. The Balaban J connectivity index is 2.64. The molecule has 1 unspecified atom stereocenters. The molecule has 0 aromatic carbocycles. The van der Waals surface area contributed by atoms with Crippen LogP contribution in [-0.2, 0) is 14.3 Å². The number of carbonyl (C=O) groups excluding carboxylic acids is 1. The molecule has 0 bridgehead atoms. The molecule has 0 aromatic heterocycles. The number of hydrogen-bond donors (Lipinski definition) is 1. The van der Waals surface area contributed by atoms with E-state index in [2.05, 4.69) is 0 Å². The molecule has 1 amide bonds. The first-order valence-corrected chi connectivity index (χ1v) is 7.63. The van der Waals surface area contributed by atoms with Gasteiger partial charge in [0.25, 0.3) is 5.91 Å². The van der Waals surface area contributed by atoms with Gasteiger partial charge in [0.15, 0.2) is 0 Å². The molecular weight excluding hydrogens is 258 g/mol. The average Bonchev–Trinajstić information content (AvgIpc) is 2.42. The van der Waals surface area contributed by atoms with Crippen molar-refractivity contribution in [3.8, 4) is 0 Å². The minimum atomic E-state index is -0.987. The second-order valence-electron chi connectivity index (χ2n) is 5.75. The largest absolute Gasteiger partial charge is 0.480 e. The molecule has 1 N–H and O–H groups in total. The van der Waals surface area contributed by atoms with E-state index in [1.807, 2.05) is 20.8 Å². The van der Waals surface area contributed by atoms with Crippen LogP contribution in [0.25, 0.3) is 0 Å². The van der Waals surface area contributed by atoms with Crippen LogP contribution in [-0.4, -0.2) is 46.7 Å². The molecule has 0 saturated heterocycles. The minimum Gasteiger partial charge on any atom is -0.480 e. The van der Waals surface area contributed by atoms with Crippen molar-refractivity contribution in [2.45, 2.75) is 77.5 Å². The summed E-state index contributed by atoms with van der Waals surface area (Å²) in [6, 6.07) is -0.136. The van der Waals surface area contributed by atoms with Crippen LogP contribution >= 0.6 is 0 Å². The van der Waals surface area contributed by atoms with Crippen LogP contribution < -0.4 is 0 Å². The van der Waals surface area contributed by atoms with Gasteiger partial charge in [-0.1, -0.05) is 26.2 Å². The second kappa shape index (κ2) is 8.25. The zero-order valence-corrected chi connectivity index (χ0v) is 12.8. The first-order valence-electron chi connectivity index (χ1n) is 7.63. The predicted molar refractivity (Wildman–Crippen MR) is 76.5 cm³/mol. The molecule has 0 spiro atoms. The van der Waals surface area contributed by atoms with Crippen molar-refractivity contribution in [3.05, 3.63) is 0 Å². The fourth-order valence-corrected chi connectivity index (χ4v) is 2.61. The first kappa shape index (κ1) is 17.0. The molecule has 116 valence electrons. The molecule has 0 heterocycles. The zero-order chi connectivity index (χ0) is 15.1. The molecule has 20 heavy (non-hydrogen) atoms. The smallest absolute Gasteiger partial charge is 0.323 e. The predicted octanol–water partition coefficient (Wildman–Crippen LogP) is 2.44. The summed E-state index contributed by atoms with van der Waals surface area (Å²) in [6.07, 6.45) is 5.77. The highest BCUT2D eigenvalue weighted by Crippen LogP contribution is 2.23. The number of aliphatic carboxylic acids is 1. The molecule has 1 aliphatic carbocycles. The van der Waals surface area contributed by atoms with E-state index in [4.69, 9.17) is 9.84 Å². The van der Waals surface area contributed by atoms with Gasteiger partial charge in [-0.15, -0.1) is 0 Å². The van der Waals surface area contributed by atoms with Gasteiger partial charge in [-0.3, -0.25) is 9.59 Å². The van der Waals surface area contributed by atoms with Gasteiger partial charge in [-0.25, -0.2) is 0 Å². The Hall–Kier alpha value is -1.10. The van der Waals surface area contributed by atoms with Crippen LogP contribution in [0.2, 0.25) is 0 Å². The van der Waals surface area contributed by atoms with Crippen molar-refractivity contribution in [1.82, 2.24) is 4.90 Å². The van der Waals surface area contributed by atoms with Gasteiger partial charge >= 0.3 is 5.97 Å². The average molecular weight is 285 g/mol. The molecule has 5 heteroatoms. The minimum absolute atomic E-state index is 0.136. The SMILES string of the molecule is CCC(OC1CCCCC1)C(=O)N(CC(=O)O)C(C)C. The molecule has 1 fully saturated rings. The van der Waals surface area contributed by atoms with E-state index in [-0.39, 0.29) is 24.6 Å². The van der Waals surface area contributed by atoms with Crippen molar-refractivity contribution in [1.29, 1.82) is 0 Å². The highest BCUT2D eigenvalue weighted by Gasteiger charge is 2.29. The second-order valence-corrected chi connectivity index (χ2v) is 5.75. The normalized spacial score (nSPS) is 18.0. The van der Waals surface area contributed by atoms with E-state index in [0.29, 0.717) is 6.42 Å². The van der Waals surface area contributed by atoms with Gasteiger partial charge in [-0.2, -0.15) is 0 Å². The van der Waals surface area contributed by atoms with Crippen LogP contribution in [0, 0.1) is 0 Å². The van der Waals surface area contributed by atoms with E-state index >= 15 is 0 Å². The number of rotatable bonds is 7. The third kappa shape index (κ3) is 5.12. The molecule has 1 aliphatic rings. The Morgan fingerprint density at radius 3 is 2.30 bits per heavy atom. The number of hydrogen-bond acceptors (Lipinski definition) is 3. The van der Waals surface area contributed by atoms with E-state index in [9.17, 15) is 9.59 Å². The number of ether oxygens (including phenoxy) is 1. The Morgan fingerprint density at radius 2 is 1.85 bits per heavy atom. The molecule has 0 radical (unpaired) electrons. The first-order chi connectivity index (χ1) is 9.45. The number of carboxylic acids is 1. The lowest BCUT2D eigenvalue weighted by molar-refractivity contribution is -0.156. The molecule has 1 rings (SSSR count). The maximum Gasteiger partial charge on any atom is 0.323 e. The Kier molecular flexibility index (Phi) is 6.99. The molecule has 1 atom stereocenters. The summed E-state index contributed by atoms with van der Waals surface area (Å²) in [5, 5.41) is 8.92. The molecule has 5 nitrogen and oxygen atoms in total. The highest BCUT2D eigenvalue weighted by molar-refractivity contribution is 5.84. The number of carboxylic acid groups (broad SMARTS) is 1. The summed E-state index contributed by atoms with van der Waals surface area (Å²) < 4.78 is 5.93. The highest BCUT2D eigenvalue weighted by atomic mass is 16.5. The Bertz CT molecular complexity index is 324. The van der Waals surface area contributed by atoms with E-state index < -0.39 is 12.1 Å². The van der Waals surface area contributed by atoms with Crippen molar-refractivity contribution >= 4 is 11.9 Å². The van der Waals surface area contributed by atoms with Crippen molar-refractivity contribution in [2.24, 2.45) is 0 Å².